The molecule has 160 valence electrons. The Morgan fingerprint density at radius 3 is 2.41 bits per heavy atom. The molecule has 29 heavy (non-hydrogen) atoms. The molecule has 12 heteroatoms. The standard InChI is InChI=1S/C17H18Cl2F3N2O4P/c1-4-26-29(25,27-5-2)7-6-10-8-11(13(20)9-12(10)18)15-14(19)16(24(3)23-15)28-17(21)22/h6-9,17H,4-5H2,1-3H3. The van der Waals surface area contributed by atoms with E-state index in [1.54, 1.807) is 13.8 Å². The highest BCUT2D eigenvalue weighted by Gasteiger charge is 2.24. The summed E-state index contributed by atoms with van der Waals surface area (Å²) in [5.41, 5.74) is 0.0357. The fraction of sp³-hybridized carbons (Fsp3) is 0.353. The second-order valence-electron chi connectivity index (χ2n) is 5.51. The summed E-state index contributed by atoms with van der Waals surface area (Å²) < 4.78 is 67.7. The molecule has 0 N–H and O–H groups in total. The zero-order valence-corrected chi connectivity index (χ0v) is 18.1. The lowest BCUT2D eigenvalue weighted by molar-refractivity contribution is -0.0552. The minimum atomic E-state index is -3.51. The Balaban J connectivity index is 2.50. The van der Waals surface area contributed by atoms with Crippen molar-refractivity contribution >= 4 is 36.9 Å². The molecule has 2 rings (SSSR count). The monoisotopic (exact) mass is 472 g/mol. The number of nitrogens with zero attached hydrogens (tertiary/aromatic N) is 2. The van der Waals surface area contributed by atoms with Crippen molar-refractivity contribution in [3.05, 3.63) is 39.4 Å². The lowest BCUT2D eigenvalue weighted by Crippen LogP contribution is -2.06. The topological polar surface area (TPSA) is 62.6 Å². The van der Waals surface area contributed by atoms with Crippen LogP contribution in [0.2, 0.25) is 10.0 Å². The van der Waals surface area contributed by atoms with Gasteiger partial charge in [-0.3, -0.25) is 4.57 Å². The predicted molar refractivity (Wildman–Crippen MR) is 105 cm³/mol. The van der Waals surface area contributed by atoms with E-state index in [4.69, 9.17) is 32.2 Å². The van der Waals surface area contributed by atoms with Crippen LogP contribution in [0.1, 0.15) is 19.4 Å². The van der Waals surface area contributed by atoms with E-state index in [0.717, 1.165) is 10.7 Å². The molecule has 1 aromatic carbocycles. The second-order valence-corrected chi connectivity index (χ2v) is 8.19. The van der Waals surface area contributed by atoms with E-state index in [1.165, 1.54) is 25.0 Å². The van der Waals surface area contributed by atoms with E-state index >= 15 is 0 Å². The number of rotatable bonds is 9. The van der Waals surface area contributed by atoms with Gasteiger partial charge in [-0.25, -0.2) is 9.07 Å². The van der Waals surface area contributed by atoms with Gasteiger partial charge in [0.1, 0.15) is 16.5 Å². The van der Waals surface area contributed by atoms with Crippen LogP contribution in [0.25, 0.3) is 17.3 Å². The molecule has 0 saturated carbocycles. The molecule has 0 aliphatic heterocycles. The van der Waals surface area contributed by atoms with Gasteiger partial charge in [-0.05, 0) is 37.6 Å². The van der Waals surface area contributed by atoms with Gasteiger partial charge < -0.3 is 13.8 Å². The third-order valence-corrected chi connectivity index (χ3v) is 5.95. The molecule has 0 bridgehead atoms. The smallest absolute Gasteiger partial charge is 0.388 e. The Bertz CT molecular complexity index is 943. The molecular weight excluding hydrogens is 455 g/mol. The van der Waals surface area contributed by atoms with Crippen LogP contribution in [0.5, 0.6) is 5.88 Å². The Labute approximate surface area is 175 Å². The van der Waals surface area contributed by atoms with Gasteiger partial charge in [0.2, 0.25) is 5.88 Å². The van der Waals surface area contributed by atoms with Gasteiger partial charge in [0, 0.05) is 18.4 Å². The Morgan fingerprint density at radius 2 is 1.86 bits per heavy atom. The summed E-state index contributed by atoms with van der Waals surface area (Å²) in [7, 11) is -2.19. The number of benzene rings is 1. The average Bonchev–Trinajstić information content (AvgIpc) is 2.89. The Kier molecular flexibility index (Phi) is 8.19. The molecule has 0 fully saturated rings. The van der Waals surface area contributed by atoms with Gasteiger partial charge in [-0.1, -0.05) is 23.2 Å². The van der Waals surface area contributed by atoms with Crippen LogP contribution in [0.3, 0.4) is 0 Å². The maximum absolute atomic E-state index is 14.5. The molecule has 0 aliphatic rings. The van der Waals surface area contributed by atoms with Gasteiger partial charge in [-0.15, -0.1) is 0 Å². The minimum Gasteiger partial charge on any atom is -0.416 e. The minimum absolute atomic E-state index is 0.0122. The maximum Gasteiger partial charge on any atom is 0.388 e. The van der Waals surface area contributed by atoms with Crippen molar-refractivity contribution in [3.63, 3.8) is 0 Å². The zero-order valence-electron chi connectivity index (χ0n) is 15.7. The van der Waals surface area contributed by atoms with E-state index < -0.39 is 25.9 Å². The first kappa shape index (κ1) is 23.8. The molecule has 0 saturated heterocycles. The lowest BCUT2D eigenvalue weighted by Gasteiger charge is -2.13. The van der Waals surface area contributed by atoms with E-state index in [-0.39, 0.29) is 40.1 Å². The zero-order chi connectivity index (χ0) is 21.8. The lowest BCUT2D eigenvalue weighted by atomic mass is 10.1. The largest absolute Gasteiger partial charge is 0.416 e. The van der Waals surface area contributed by atoms with Crippen LogP contribution in [0, 0.1) is 5.82 Å². The van der Waals surface area contributed by atoms with Crippen LogP contribution in [-0.2, 0) is 20.7 Å². The van der Waals surface area contributed by atoms with Gasteiger partial charge in [0.25, 0.3) is 0 Å². The van der Waals surface area contributed by atoms with Crippen molar-refractivity contribution in [2.45, 2.75) is 20.5 Å². The van der Waals surface area contributed by atoms with E-state index in [0.29, 0.717) is 0 Å². The summed E-state index contributed by atoms with van der Waals surface area (Å²) in [5, 5.41) is 3.67. The summed E-state index contributed by atoms with van der Waals surface area (Å²) in [5.74, 6) is 0.00250. The normalized spacial score (nSPS) is 12.3. The third kappa shape index (κ3) is 5.77. The maximum atomic E-state index is 14.5. The molecule has 0 amide bonds. The van der Waals surface area contributed by atoms with Gasteiger partial charge >= 0.3 is 14.2 Å². The van der Waals surface area contributed by atoms with Crippen LogP contribution < -0.4 is 4.74 Å². The number of aryl methyl sites for hydroxylation is 1. The average molecular weight is 473 g/mol. The molecule has 6 nitrogen and oxygen atoms in total. The highest BCUT2D eigenvalue weighted by molar-refractivity contribution is 7.57. The van der Waals surface area contributed by atoms with E-state index in [2.05, 4.69) is 9.84 Å². The first-order valence-electron chi connectivity index (χ1n) is 8.36. The predicted octanol–water partition coefficient (Wildman–Crippen LogP) is 6.37. The molecule has 1 heterocycles. The SMILES string of the molecule is CCOP(=O)(C=Cc1cc(-c2nn(C)c(OC(F)F)c2Cl)c(F)cc1Cl)OCC. The first-order chi connectivity index (χ1) is 13.6. The van der Waals surface area contributed by atoms with Crippen LogP contribution in [0.15, 0.2) is 17.9 Å². The molecule has 1 aromatic heterocycles. The van der Waals surface area contributed by atoms with Crippen molar-refractivity contribution in [2.24, 2.45) is 7.05 Å². The quantitative estimate of drug-likeness (QED) is 0.396. The summed E-state index contributed by atoms with van der Waals surface area (Å²) in [6.45, 7) is 0.492. The van der Waals surface area contributed by atoms with Crippen molar-refractivity contribution < 1.29 is 31.5 Å². The first-order valence-corrected chi connectivity index (χ1v) is 10.7. The number of hydrogen-bond acceptors (Lipinski definition) is 5. The fourth-order valence-electron chi connectivity index (χ4n) is 2.40. The summed E-state index contributed by atoms with van der Waals surface area (Å²) in [6.07, 6.45) is 1.35. The van der Waals surface area contributed by atoms with Crippen LogP contribution in [0.4, 0.5) is 13.2 Å². The highest BCUT2D eigenvalue weighted by atomic mass is 35.5. The fourth-order valence-corrected chi connectivity index (χ4v) is 4.23. The van der Waals surface area contributed by atoms with Crippen LogP contribution in [-0.4, -0.2) is 29.6 Å². The highest BCUT2D eigenvalue weighted by Crippen LogP contribution is 2.50. The van der Waals surface area contributed by atoms with Gasteiger partial charge in [0.05, 0.1) is 18.2 Å². The molecule has 0 spiro atoms. The summed E-state index contributed by atoms with van der Waals surface area (Å²) in [4.78, 5) is 0. The molecule has 0 atom stereocenters. The van der Waals surface area contributed by atoms with Gasteiger partial charge in [0.15, 0.2) is 0 Å². The molecule has 2 aromatic rings. The van der Waals surface area contributed by atoms with Gasteiger partial charge in [-0.2, -0.15) is 13.9 Å². The number of aromatic nitrogens is 2. The van der Waals surface area contributed by atoms with E-state index in [9.17, 15) is 17.7 Å². The molecule has 0 radical (unpaired) electrons. The van der Waals surface area contributed by atoms with E-state index in [1.807, 2.05) is 0 Å². The van der Waals surface area contributed by atoms with Crippen molar-refractivity contribution in [1.29, 1.82) is 0 Å². The molecule has 0 unspecified atom stereocenters. The number of alkyl halides is 2. The summed E-state index contributed by atoms with van der Waals surface area (Å²) in [6, 6.07) is 2.29. The van der Waals surface area contributed by atoms with Crippen molar-refractivity contribution in [3.8, 4) is 17.1 Å². The number of ether oxygens (including phenoxy) is 1. The Morgan fingerprint density at radius 1 is 1.24 bits per heavy atom. The van der Waals surface area contributed by atoms with Crippen molar-refractivity contribution in [2.75, 3.05) is 13.2 Å². The Hall–Kier alpha value is -1.51. The van der Waals surface area contributed by atoms with Crippen molar-refractivity contribution in [1.82, 2.24) is 9.78 Å². The van der Waals surface area contributed by atoms with Crippen LogP contribution >= 0.6 is 30.8 Å². The molecule has 0 aliphatic carbocycles. The molecular formula is C17H18Cl2F3N2O4P. The number of hydrogen-bond donors (Lipinski definition) is 0. The third-order valence-electron chi connectivity index (χ3n) is 3.54. The summed E-state index contributed by atoms with van der Waals surface area (Å²) >= 11 is 12.1. The number of halogens is 5. The second kappa shape index (κ2) is 10.00.